The largest absolute Gasteiger partial charge is 0.393 e. The summed E-state index contributed by atoms with van der Waals surface area (Å²) in [5.41, 5.74) is 12.3. The third kappa shape index (κ3) is 3.73. The smallest absolute Gasteiger partial charge is 0.293 e. The van der Waals surface area contributed by atoms with Crippen LogP contribution in [0, 0.1) is 22.5 Å². The Labute approximate surface area is 141 Å². The molecule has 1 aromatic carbocycles. The summed E-state index contributed by atoms with van der Waals surface area (Å²) in [6.07, 6.45) is 0.701. The van der Waals surface area contributed by atoms with Crippen molar-refractivity contribution < 1.29 is 9.72 Å². The fourth-order valence-electron chi connectivity index (χ4n) is 2.82. The van der Waals surface area contributed by atoms with Crippen molar-refractivity contribution in [3.8, 4) is 0 Å². The standard InChI is InChI=1S/C15H22N4O3.ClH/c1-9-6-10(13(17)11(7-9)19(21)22)14(20)18-5-4-12(16)15(2,3)8-18;/h6-7,12H,4-5,8,16-17H2,1-3H3;1H. The van der Waals surface area contributed by atoms with E-state index in [2.05, 4.69) is 0 Å². The quantitative estimate of drug-likeness (QED) is 0.485. The molecule has 0 aliphatic carbocycles. The predicted molar refractivity (Wildman–Crippen MR) is 91.8 cm³/mol. The maximum Gasteiger partial charge on any atom is 0.293 e. The highest BCUT2D eigenvalue weighted by molar-refractivity contribution is 6.01. The predicted octanol–water partition coefficient (Wildman–Crippen LogP) is 2.11. The molecule has 4 N–H and O–H groups in total. The molecule has 1 saturated heterocycles. The number of nitrogen functional groups attached to an aromatic ring is 1. The highest BCUT2D eigenvalue weighted by Crippen LogP contribution is 2.32. The Morgan fingerprint density at radius 2 is 2.04 bits per heavy atom. The Bertz CT molecular complexity index is 633. The van der Waals surface area contributed by atoms with Gasteiger partial charge in [0.2, 0.25) is 0 Å². The Morgan fingerprint density at radius 1 is 1.43 bits per heavy atom. The van der Waals surface area contributed by atoms with E-state index in [1.807, 2.05) is 13.8 Å². The van der Waals surface area contributed by atoms with Crippen molar-refractivity contribution in [3.63, 3.8) is 0 Å². The van der Waals surface area contributed by atoms with Gasteiger partial charge in [0, 0.05) is 25.2 Å². The molecular formula is C15H23ClN4O3. The summed E-state index contributed by atoms with van der Waals surface area (Å²) < 4.78 is 0. The highest BCUT2D eigenvalue weighted by atomic mass is 35.5. The maximum absolute atomic E-state index is 12.7. The van der Waals surface area contributed by atoms with Crippen LogP contribution in [0.4, 0.5) is 11.4 Å². The molecule has 128 valence electrons. The van der Waals surface area contributed by atoms with Crippen molar-refractivity contribution in [2.75, 3.05) is 18.8 Å². The van der Waals surface area contributed by atoms with E-state index < -0.39 is 4.92 Å². The minimum absolute atomic E-state index is 0. The van der Waals surface area contributed by atoms with Gasteiger partial charge in [-0.25, -0.2) is 0 Å². The molecule has 8 heteroatoms. The van der Waals surface area contributed by atoms with Crippen LogP contribution >= 0.6 is 12.4 Å². The second-order valence-corrected chi connectivity index (χ2v) is 6.61. The molecule has 23 heavy (non-hydrogen) atoms. The van der Waals surface area contributed by atoms with Crippen LogP contribution in [0.3, 0.4) is 0 Å². The second-order valence-electron chi connectivity index (χ2n) is 6.61. The lowest BCUT2D eigenvalue weighted by molar-refractivity contribution is -0.384. The number of nitro benzene ring substituents is 1. The van der Waals surface area contributed by atoms with Gasteiger partial charge in [0.15, 0.2) is 0 Å². The van der Waals surface area contributed by atoms with E-state index in [1.54, 1.807) is 17.9 Å². The second kappa shape index (κ2) is 6.72. The number of hydrogen-bond acceptors (Lipinski definition) is 5. The van der Waals surface area contributed by atoms with Crippen LogP contribution in [0.15, 0.2) is 12.1 Å². The minimum atomic E-state index is -0.560. The number of amides is 1. The third-order valence-electron chi connectivity index (χ3n) is 4.33. The van der Waals surface area contributed by atoms with Gasteiger partial charge in [-0.2, -0.15) is 0 Å². The Morgan fingerprint density at radius 3 is 2.57 bits per heavy atom. The topological polar surface area (TPSA) is 115 Å². The van der Waals surface area contributed by atoms with E-state index in [0.717, 1.165) is 0 Å². The average molecular weight is 343 g/mol. The fraction of sp³-hybridized carbons (Fsp3) is 0.533. The molecule has 0 bridgehead atoms. The first-order chi connectivity index (χ1) is 10.1. The fourth-order valence-corrected chi connectivity index (χ4v) is 2.82. The van der Waals surface area contributed by atoms with Gasteiger partial charge < -0.3 is 16.4 Å². The molecule has 1 aromatic rings. The van der Waals surface area contributed by atoms with Gasteiger partial charge in [0.1, 0.15) is 5.69 Å². The number of carbonyl (C=O) groups is 1. The lowest BCUT2D eigenvalue weighted by Gasteiger charge is -2.42. The minimum Gasteiger partial charge on any atom is -0.393 e. The molecular weight excluding hydrogens is 320 g/mol. The van der Waals surface area contributed by atoms with E-state index >= 15 is 0 Å². The number of benzene rings is 1. The zero-order valence-electron chi connectivity index (χ0n) is 13.5. The Hall–Kier alpha value is -1.86. The van der Waals surface area contributed by atoms with Gasteiger partial charge in [-0.3, -0.25) is 14.9 Å². The van der Waals surface area contributed by atoms with Crippen LogP contribution in [0.2, 0.25) is 0 Å². The first kappa shape index (κ1) is 19.2. The molecule has 2 rings (SSSR count). The number of rotatable bonds is 2. The number of carbonyl (C=O) groups excluding carboxylic acids is 1. The lowest BCUT2D eigenvalue weighted by atomic mass is 9.79. The number of nitrogens with zero attached hydrogens (tertiary/aromatic N) is 2. The van der Waals surface area contributed by atoms with Crippen molar-refractivity contribution in [1.82, 2.24) is 4.90 Å². The van der Waals surface area contributed by atoms with Gasteiger partial charge >= 0.3 is 0 Å². The molecule has 0 saturated carbocycles. The molecule has 1 aliphatic rings. The summed E-state index contributed by atoms with van der Waals surface area (Å²) in [6, 6.07) is 3.01. The summed E-state index contributed by atoms with van der Waals surface area (Å²) in [4.78, 5) is 24.9. The van der Waals surface area contributed by atoms with Crippen molar-refractivity contribution >= 4 is 29.7 Å². The number of anilines is 1. The number of aryl methyl sites for hydroxylation is 1. The molecule has 0 radical (unpaired) electrons. The number of likely N-dealkylation sites (tertiary alicyclic amines) is 1. The van der Waals surface area contributed by atoms with E-state index in [4.69, 9.17) is 11.5 Å². The van der Waals surface area contributed by atoms with E-state index in [1.165, 1.54) is 6.07 Å². The normalized spacial score (nSPS) is 19.8. The van der Waals surface area contributed by atoms with Crippen molar-refractivity contribution in [3.05, 3.63) is 33.4 Å². The van der Waals surface area contributed by atoms with Crippen molar-refractivity contribution in [2.24, 2.45) is 11.1 Å². The number of nitrogens with two attached hydrogens (primary N) is 2. The molecule has 1 fully saturated rings. The van der Waals surface area contributed by atoms with Gasteiger partial charge in [-0.05, 0) is 30.4 Å². The van der Waals surface area contributed by atoms with Crippen molar-refractivity contribution in [1.29, 1.82) is 0 Å². The zero-order chi connectivity index (χ0) is 16.7. The summed E-state index contributed by atoms with van der Waals surface area (Å²) in [5.74, 6) is -0.274. The summed E-state index contributed by atoms with van der Waals surface area (Å²) in [6.45, 7) is 6.77. The van der Waals surface area contributed by atoms with Gasteiger partial charge in [0.25, 0.3) is 11.6 Å². The molecule has 1 unspecified atom stereocenters. The SMILES string of the molecule is Cc1cc(C(=O)N2CCC(N)C(C)(C)C2)c(N)c([N+](=O)[O-])c1.Cl. The molecule has 0 spiro atoms. The van der Waals surface area contributed by atoms with Crippen molar-refractivity contribution in [2.45, 2.75) is 33.2 Å². The van der Waals surface area contributed by atoms with Crippen LogP contribution < -0.4 is 11.5 Å². The zero-order valence-corrected chi connectivity index (χ0v) is 14.4. The number of hydrogen-bond donors (Lipinski definition) is 2. The number of piperidine rings is 1. The molecule has 1 aliphatic heterocycles. The number of halogens is 1. The van der Waals surface area contributed by atoms with Gasteiger partial charge in [0.05, 0.1) is 10.5 Å². The monoisotopic (exact) mass is 342 g/mol. The van der Waals surface area contributed by atoms with Crippen LogP contribution in [0.5, 0.6) is 0 Å². The lowest BCUT2D eigenvalue weighted by Crippen LogP contribution is -2.54. The van der Waals surface area contributed by atoms with E-state index in [9.17, 15) is 14.9 Å². The number of nitro groups is 1. The molecule has 1 amide bonds. The van der Waals surface area contributed by atoms with Crippen LogP contribution in [0.25, 0.3) is 0 Å². The third-order valence-corrected chi connectivity index (χ3v) is 4.33. The maximum atomic E-state index is 12.7. The van der Waals surface area contributed by atoms with Crippen LogP contribution in [-0.2, 0) is 0 Å². The average Bonchev–Trinajstić information content (AvgIpc) is 2.42. The van der Waals surface area contributed by atoms with Crippen LogP contribution in [0.1, 0.15) is 36.2 Å². The Kier molecular flexibility index (Phi) is 5.60. The summed E-state index contributed by atoms with van der Waals surface area (Å²) in [5, 5.41) is 11.1. The van der Waals surface area contributed by atoms with Crippen LogP contribution in [-0.4, -0.2) is 34.9 Å². The molecule has 0 aromatic heterocycles. The summed E-state index contributed by atoms with van der Waals surface area (Å²) in [7, 11) is 0. The first-order valence-electron chi connectivity index (χ1n) is 7.23. The summed E-state index contributed by atoms with van der Waals surface area (Å²) >= 11 is 0. The molecule has 7 nitrogen and oxygen atoms in total. The van der Waals surface area contributed by atoms with Gasteiger partial charge in [-0.15, -0.1) is 12.4 Å². The molecule has 1 atom stereocenters. The Balaban J connectivity index is 0.00000264. The molecule has 1 heterocycles. The van der Waals surface area contributed by atoms with E-state index in [0.29, 0.717) is 25.1 Å². The van der Waals surface area contributed by atoms with Gasteiger partial charge in [-0.1, -0.05) is 13.8 Å². The van der Waals surface area contributed by atoms with E-state index in [-0.39, 0.29) is 46.7 Å². The highest BCUT2D eigenvalue weighted by Gasteiger charge is 2.36. The first-order valence-corrected chi connectivity index (χ1v) is 7.23.